The van der Waals surface area contributed by atoms with Crippen molar-refractivity contribution in [3.8, 4) is 5.75 Å². The summed E-state index contributed by atoms with van der Waals surface area (Å²) < 4.78 is 20.6. The van der Waals surface area contributed by atoms with E-state index in [2.05, 4.69) is 47.8 Å². The second-order valence-corrected chi connectivity index (χ2v) is 6.80. The molecule has 2 rings (SSSR count). The van der Waals surface area contributed by atoms with E-state index in [-0.39, 0.29) is 4.47 Å². The van der Waals surface area contributed by atoms with Gasteiger partial charge in [0.15, 0.2) is 0 Å². The number of aliphatic hydroxyl groups is 1. The molecular weight excluding hydrogens is 459 g/mol. The Morgan fingerprint density at radius 3 is 2.20 bits per heavy atom. The lowest BCUT2D eigenvalue weighted by molar-refractivity contribution is 0.214. The molecule has 1 unspecified atom stereocenters. The highest BCUT2D eigenvalue weighted by molar-refractivity contribution is 9.11. The van der Waals surface area contributed by atoms with Crippen LogP contribution in [0.3, 0.4) is 0 Å². The number of benzene rings is 2. The van der Waals surface area contributed by atoms with E-state index in [0.29, 0.717) is 16.9 Å². The molecule has 0 saturated heterocycles. The van der Waals surface area contributed by atoms with Crippen molar-refractivity contribution in [2.75, 3.05) is 7.11 Å². The Morgan fingerprint density at radius 2 is 1.65 bits per heavy atom. The molecule has 0 aliphatic heterocycles. The maximum absolute atomic E-state index is 13.5. The van der Waals surface area contributed by atoms with Crippen LogP contribution in [0, 0.1) is 5.82 Å². The molecule has 0 amide bonds. The summed E-state index contributed by atoms with van der Waals surface area (Å²) in [5, 5.41) is 10.5. The lowest BCUT2D eigenvalue weighted by atomic mass is 10.0. The maximum Gasteiger partial charge on any atom is 0.141 e. The molecule has 0 spiro atoms. The van der Waals surface area contributed by atoms with Gasteiger partial charge in [0.25, 0.3) is 0 Å². The summed E-state index contributed by atoms with van der Waals surface area (Å²) in [5.74, 6) is -0.137. The third-order valence-corrected chi connectivity index (χ3v) is 4.29. The Labute approximate surface area is 141 Å². The first-order valence-corrected chi connectivity index (χ1v) is 7.97. The Hall–Kier alpha value is -0.430. The average molecular weight is 469 g/mol. The van der Waals surface area contributed by atoms with Crippen molar-refractivity contribution in [1.29, 1.82) is 0 Å². The fourth-order valence-corrected chi connectivity index (χ4v) is 3.54. The van der Waals surface area contributed by atoms with Crippen LogP contribution in [0.15, 0.2) is 43.7 Å². The van der Waals surface area contributed by atoms with E-state index < -0.39 is 11.9 Å². The molecule has 0 aliphatic carbocycles. The van der Waals surface area contributed by atoms with Gasteiger partial charge in [-0.05, 0) is 45.8 Å². The summed E-state index contributed by atoms with van der Waals surface area (Å²) in [4.78, 5) is 0. The van der Waals surface area contributed by atoms with Crippen LogP contribution in [0.5, 0.6) is 5.75 Å². The molecule has 6 heteroatoms. The van der Waals surface area contributed by atoms with Crippen LogP contribution in [0.1, 0.15) is 17.2 Å². The standard InChI is InChI=1S/C14H10Br3FO2/c1-20-13-6-12(18)11(17)5-10(13)14(19)7-2-8(15)4-9(16)3-7/h2-6,14,19H,1H3. The fourth-order valence-electron chi connectivity index (χ4n) is 1.85. The minimum absolute atomic E-state index is 0.279. The largest absolute Gasteiger partial charge is 0.496 e. The molecule has 0 aliphatic rings. The number of hydrogen-bond donors (Lipinski definition) is 1. The topological polar surface area (TPSA) is 29.5 Å². The first kappa shape index (κ1) is 15.9. The zero-order chi connectivity index (χ0) is 14.9. The van der Waals surface area contributed by atoms with Gasteiger partial charge in [0, 0.05) is 20.6 Å². The zero-order valence-corrected chi connectivity index (χ0v) is 15.1. The second-order valence-electron chi connectivity index (χ2n) is 4.11. The van der Waals surface area contributed by atoms with Gasteiger partial charge in [0.2, 0.25) is 0 Å². The predicted molar refractivity (Wildman–Crippen MR) is 86.6 cm³/mol. The minimum atomic E-state index is -0.921. The first-order valence-electron chi connectivity index (χ1n) is 5.59. The summed E-state index contributed by atoms with van der Waals surface area (Å²) in [6, 6.07) is 8.23. The van der Waals surface area contributed by atoms with Gasteiger partial charge in [-0.3, -0.25) is 0 Å². The van der Waals surface area contributed by atoms with Gasteiger partial charge in [-0.2, -0.15) is 0 Å². The molecule has 1 atom stereocenters. The summed E-state index contributed by atoms with van der Waals surface area (Å²) >= 11 is 9.87. The molecule has 0 aromatic heterocycles. The van der Waals surface area contributed by atoms with Crippen molar-refractivity contribution in [2.24, 2.45) is 0 Å². The number of halogens is 4. The highest BCUT2D eigenvalue weighted by Crippen LogP contribution is 2.35. The molecule has 2 aromatic carbocycles. The first-order chi connectivity index (χ1) is 9.42. The summed E-state index contributed by atoms with van der Waals surface area (Å²) in [5.41, 5.74) is 1.16. The quantitative estimate of drug-likeness (QED) is 0.670. The van der Waals surface area contributed by atoms with Crippen LogP contribution in [0.25, 0.3) is 0 Å². The number of hydrogen-bond acceptors (Lipinski definition) is 2. The number of aliphatic hydroxyl groups excluding tert-OH is 1. The Bertz CT molecular complexity index is 626. The van der Waals surface area contributed by atoms with Gasteiger partial charge in [-0.1, -0.05) is 31.9 Å². The van der Waals surface area contributed by atoms with Crippen molar-refractivity contribution in [3.05, 3.63) is 60.7 Å². The second kappa shape index (κ2) is 6.56. The summed E-state index contributed by atoms with van der Waals surface area (Å²) in [7, 11) is 1.44. The SMILES string of the molecule is COc1cc(F)c(Br)cc1C(O)c1cc(Br)cc(Br)c1. The Kier molecular flexibility index (Phi) is 5.23. The third kappa shape index (κ3) is 3.42. The Morgan fingerprint density at radius 1 is 1.05 bits per heavy atom. The highest BCUT2D eigenvalue weighted by atomic mass is 79.9. The number of ether oxygens (including phenoxy) is 1. The predicted octanol–water partition coefficient (Wildman–Crippen LogP) is 5.20. The molecule has 0 fully saturated rings. The molecular formula is C14H10Br3FO2. The molecule has 20 heavy (non-hydrogen) atoms. The van der Waals surface area contributed by atoms with E-state index >= 15 is 0 Å². The van der Waals surface area contributed by atoms with E-state index in [1.165, 1.54) is 19.2 Å². The molecule has 1 N–H and O–H groups in total. The van der Waals surface area contributed by atoms with Crippen molar-refractivity contribution in [1.82, 2.24) is 0 Å². The lowest BCUT2D eigenvalue weighted by Gasteiger charge is -2.16. The average Bonchev–Trinajstić information content (AvgIpc) is 2.39. The van der Waals surface area contributed by atoms with Crippen molar-refractivity contribution < 1.29 is 14.2 Å². The van der Waals surface area contributed by atoms with Crippen molar-refractivity contribution in [2.45, 2.75) is 6.10 Å². The van der Waals surface area contributed by atoms with E-state index in [1.807, 2.05) is 6.07 Å². The van der Waals surface area contributed by atoms with Crippen molar-refractivity contribution in [3.63, 3.8) is 0 Å². The summed E-state index contributed by atoms with van der Waals surface area (Å²) in [6.45, 7) is 0. The smallest absolute Gasteiger partial charge is 0.141 e. The Balaban J connectivity index is 2.52. The number of methoxy groups -OCH3 is 1. The van der Waals surface area contributed by atoms with Crippen LogP contribution in [-0.2, 0) is 0 Å². The van der Waals surface area contributed by atoms with Gasteiger partial charge in [-0.15, -0.1) is 0 Å². The van der Waals surface area contributed by atoms with Crippen LogP contribution < -0.4 is 4.74 Å². The van der Waals surface area contributed by atoms with E-state index in [9.17, 15) is 9.50 Å². The van der Waals surface area contributed by atoms with Crippen LogP contribution in [0.2, 0.25) is 0 Å². The maximum atomic E-state index is 13.5. The zero-order valence-electron chi connectivity index (χ0n) is 10.3. The molecule has 2 aromatic rings. The molecule has 0 heterocycles. The van der Waals surface area contributed by atoms with E-state index in [4.69, 9.17) is 4.74 Å². The molecule has 0 saturated carbocycles. The fraction of sp³-hybridized carbons (Fsp3) is 0.143. The molecule has 106 valence electrons. The van der Waals surface area contributed by atoms with Gasteiger partial charge < -0.3 is 9.84 Å². The van der Waals surface area contributed by atoms with E-state index in [1.54, 1.807) is 12.1 Å². The normalized spacial score (nSPS) is 12.3. The molecule has 2 nitrogen and oxygen atoms in total. The monoisotopic (exact) mass is 466 g/mol. The number of rotatable bonds is 3. The lowest BCUT2D eigenvalue weighted by Crippen LogP contribution is -2.03. The van der Waals surface area contributed by atoms with Gasteiger partial charge in [-0.25, -0.2) is 4.39 Å². The van der Waals surface area contributed by atoms with Gasteiger partial charge in [0.1, 0.15) is 17.7 Å². The van der Waals surface area contributed by atoms with E-state index in [0.717, 1.165) is 8.95 Å². The molecule has 0 bridgehead atoms. The van der Waals surface area contributed by atoms with Crippen LogP contribution in [0.4, 0.5) is 4.39 Å². The van der Waals surface area contributed by atoms with Crippen molar-refractivity contribution >= 4 is 47.8 Å². The molecule has 0 radical (unpaired) electrons. The van der Waals surface area contributed by atoms with Crippen LogP contribution >= 0.6 is 47.8 Å². The van der Waals surface area contributed by atoms with Gasteiger partial charge >= 0.3 is 0 Å². The van der Waals surface area contributed by atoms with Gasteiger partial charge in [0.05, 0.1) is 11.6 Å². The third-order valence-electron chi connectivity index (χ3n) is 2.77. The minimum Gasteiger partial charge on any atom is -0.496 e. The van der Waals surface area contributed by atoms with Crippen LogP contribution in [-0.4, -0.2) is 12.2 Å². The highest BCUT2D eigenvalue weighted by Gasteiger charge is 2.19. The summed E-state index contributed by atoms with van der Waals surface area (Å²) in [6.07, 6.45) is -0.921.